The first kappa shape index (κ1) is 7.55. The molecule has 1 nitrogen and oxygen atoms in total. The number of nitrogens with zero attached hydrogens (tertiary/aromatic N) is 1. The molecule has 10 heavy (non-hydrogen) atoms. The van der Waals surface area contributed by atoms with Crippen molar-refractivity contribution in [1.82, 2.24) is 0 Å². The van der Waals surface area contributed by atoms with Gasteiger partial charge in [-0.15, -0.1) is 0 Å². The highest BCUT2D eigenvalue weighted by Gasteiger charge is 2.23. The van der Waals surface area contributed by atoms with E-state index in [1.807, 2.05) is 0 Å². The van der Waals surface area contributed by atoms with E-state index in [0.29, 0.717) is 0 Å². The number of piperidine rings is 1. The van der Waals surface area contributed by atoms with Gasteiger partial charge in [0.15, 0.2) is 0 Å². The van der Waals surface area contributed by atoms with Crippen LogP contribution in [0.4, 0.5) is 0 Å². The summed E-state index contributed by atoms with van der Waals surface area (Å²) in [4.78, 5) is 0. The molecule has 0 amide bonds. The van der Waals surface area contributed by atoms with Crippen LogP contribution in [0.15, 0.2) is 24.3 Å². The Labute approximate surface area is 63.2 Å². The van der Waals surface area contributed by atoms with Gasteiger partial charge in [0, 0.05) is 12.0 Å². The number of likely N-dealkylation sites (tertiary alicyclic amines) is 1. The summed E-state index contributed by atoms with van der Waals surface area (Å²) in [5, 5.41) is 0. The Kier molecular flexibility index (Phi) is 1.69. The second kappa shape index (κ2) is 2.24. The molecule has 1 fully saturated rings. The van der Waals surface area contributed by atoms with Gasteiger partial charge < -0.3 is 4.48 Å². The van der Waals surface area contributed by atoms with E-state index in [1.54, 1.807) is 0 Å². The fraction of sp³-hybridized carbons (Fsp3) is 0.556. The van der Waals surface area contributed by atoms with Crippen LogP contribution in [-0.2, 0) is 0 Å². The van der Waals surface area contributed by atoms with Crippen LogP contribution in [0.3, 0.4) is 0 Å². The minimum Gasteiger partial charge on any atom is -0.324 e. The van der Waals surface area contributed by atoms with E-state index in [4.69, 9.17) is 0 Å². The fourth-order valence-corrected chi connectivity index (χ4v) is 1.32. The normalized spacial score (nSPS) is 25.0. The molecule has 56 valence electrons. The molecule has 1 rings (SSSR count). The van der Waals surface area contributed by atoms with Gasteiger partial charge in [-0.05, 0) is 5.57 Å². The van der Waals surface area contributed by atoms with Crippen molar-refractivity contribution in [1.29, 1.82) is 0 Å². The van der Waals surface area contributed by atoms with Gasteiger partial charge >= 0.3 is 0 Å². The highest BCUT2D eigenvalue weighted by atomic mass is 15.3. The summed E-state index contributed by atoms with van der Waals surface area (Å²) >= 11 is 0. The third-order valence-corrected chi connectivity index (χ3v) is 2.14. The predicted octanol–water partition coefficient (Wildman–Crippen LogP) is 1.58. The van der Waals surface area contributed by atoms with E-state index < -0.39 is 0 Å². The molecule has 0 saturated carbocycles. The molecule has 0 aromatic heterocycles. The van der Waals surface area contributed by atoms with Gasteiger partial charge in [-0.3, -0.25) is 0 Å². The van der Waals surface area contributed by atoms with Crippen LogP contribution >= 0.6 is 0 Å². The zero-order valence-electron chi connectivity index (χ0n) is 6.98. The van der Waals surface area contributed by atoms with Crippen LogP contribution in [-0.4, -0.2) is 31.7 Å². The molecule has 0 spiro atoms. The largest absolute Gasteiger partial charge is 0.324 e. The minimum atomic E-state index is 1.07. The summed E-state index contributed by atoms with van der Waals surface area (Å²) in [7, 11) is 4.47. The highest BCUT2D eigenvalue weighted by molar-refractivity contribution is 5.26. The van der Waals surface area contributed by atoms with E-state index in [2.05, 4.69) is 27.3 Å². The first-order chi connectivity index (χ1) is 4.51. The van der Waals surface area contributed by atoms with Crippen molar-refractivity contribution in [2.75, 3.05) is 27.2 Å². The predicted molar refractivity (Wildman–Crippen MR) is 44.7 cm³/mol. The van der Waals surface area contributed by atoms with Gasteiger partial charge in [-0.1, -0.05) is 13.2 Å². The summed E-state index contributed by atoms with van der Waals surface area (Å²) < 4.78 is 1.07. The Morgan fingerprint density at radius 1 is 1.20 bits per heavy atom. The molecule has 0 radical (unpaired) electrons. The molecule has 0 aromatic rings. The SMILES string of the molecule is C=C1CC[N+](C)(C)CC1=C. The number of hydrogen-bond donors (Lipinski definition) is 0. The number of likely N-dealkylation sites (N-methyl/N-ethyl adjacent to an activating group) is 1. The molecule has 0 aliphatic carbocycles. The van der Waals surface area contributed by atoms with Gasteiger partial charge in [0.05, 0.1) is 20.6 Å². The van der Waals surface area contributed by atoms with Gasteiger partial charge in [-0.25, -0.2) is 0 Å². The lowest BCUT2D eigenvalue weighted by atomic mass is 10.0. The monoisotopic (exact) mass is 138 g/mol. The summed E-state index contributed by atoms with van der Waals surface area (Å²) in [6, 6.07) is 0. The van der Waals surface area contributed by atoms with Crippen LogP contribution in [0.25, 0.3) is 0 Å². The van der Waals surface area contributed by atoms with Crippen LogP contribution in [0.1, 0.15) is 6.42 Å². The average Bonchev–Trinajstić information content (AvgIpc) is 1.79. The zero-order chi connectivity index (χ0) is 7.78. The maximum absolute atomic E-state index is 3.98. The van der Waals surface area contributed by atoms with Crippen LogP contribution in [0.2, 0.25) is 0 Å². The Morgan fingerprint density at radius 3 is 2.20 bits per heavy atom. The fourth-order valence-electron chi connectivity index (χ4n) is 1.32. The topological polar surface area (TPSA) is 0 Å². The smallest absolute Gasteiger partial charge is 0.104 e. The summed E-state index contributed by atoms with van der Waals surface area (Å²) in [5.41, 5.74) is 2.48. The Balaban J connectivity index is 2.66. The summed E-state index contributed by atoms with van der Waals surface area (Å²) in [6.07, 6.45) is 1.12. The van der Waals surface area contributed by atoms with E-state index in [0.717, 1.165) is 17.4 Å². The second-order valence-corrected chi connectivity index (χ2v) is 3.77. The molecule has 1 aliphatic rings. The van der Waals surface area contributed by atoms with Crippen molar-refractivity contribution in [3.8, 4) is 0 Å². The maximum Gasteiger partial charge on any atom is 0.104 e. The first-order valence-corrected chi connectivity index (χ1v) is 3.69. The standard InChI is InChI=1S/C9H16N/c1-8-5-6-10(3,4)7-9(8)2/h1-2,5-7H2,3-4H3/q+1. The van der Waals surface area contributed by atoms with E-state index in [-0.39, 0.29) is 0 Å². The highest BCUT2D eigenvalue weighted by Crippen LogP contribution is 2.21. The van der Waals surface area contributed by atoms with Gasteiger partial charge in [-0.2, -0.15) is 0 Å². The number of quaternary nitrogens is 1. The molecule has 1 heterocycles. The molecule has 1 saturated heterocycles. The Morgan fingerprint density at radius 2 is 1.80 bits per heavy atom. The molecule has 0 unspecified atom stereocenters. The van der Waals surface area contributed by atoms with Crippen molar-refractivity contribution < 1.29 is 4.48 Å². The van der Waals surface area contributed by atoms with E-state index >= 15 is 0 Å². The molecule has 0 aromatic carbocycles. The molecule has 0 N–H and O–H groups in total. The zero-order valence-corrected chi connectivity index (χ0v) is 6.98. The quantitative estimate of drug-likeness (QED) is 0.446. The molecular weight excluding hydrogens is 122 g/mol. The second-order valence-electron chi connectivity index (χ2n) is 3.77. The van der Waals surface area contributed by atoms with Crippen LogP contribution in [0, 0.1) is 0 Å². The van der Waals surface area contributed by atoms with Crippen molar-refractivity contribution in [2.24, 2.45) is 0 Å². The Bertz CT molecular complexity index is 177. The number of hydrogen-bond acceptors (Lipinski definition) is 0. The van der Waals surface area contributed by atoms with E-state index in [9.17, 15) is 0 Å². The maximum atomic E-state index is 3.98. The van der Waals surface area contributed by atoms with Crippen LogP contribution in [0.5, 0.6) is 0 Å². The molecule has 1 aliphatic heterocycles. The lowest BCUT2D eigenvalue weighted by Crippen LogP contribution is -2.45. The van der Waals surface area contributed by atoms with Crippen LogP contribution < -0.4 is 0 Å². The molecule has 1 heteroatoms. The summed E-state index contributed by atoms with van der Waals surface area (Å²) in [5.74, 6) is 0. The van der Waals surface area contributed by atoms with Gasteiger partial charge in [0.25, 0.3) is 0 Å². The lowest BCUT2D eigenvalue weighted by Gasteiger charge is -2.35. The summed E-state index contributed by atoms with van der Waals surface area (Å²) in [6.45, 7) is 10.2. The minimum absolute atomic E-state index is 1.07. The Hall–Kier alpha value is -0.560. The van der Waals surface area contributed by atoms with Gasteiger partial charge in [0.1, 0.15) is 6.54 Å². The van der Waals surface area contributed by atoms with Gasteiger partial charge in [0.2, 0.25) is 0 Å². The number of rotatable bonds is 0. The van der Waals surface area contributed by atoms with Crippen molar-refractivity contribution >= 4 is 0 Å². The molecule has 0 bridgehead atoms. The van der Waals surface area contributed by atoms with Crippen molar-refractivity contribution in [2.45, 2.75) is 6.42 Å². The van der Waals surface area contributed by atoms with Crippen molar-refractivity contribution in [3.63, 3.8) is 0 Å². The van der Waals surface area contributed by atoms with Crippen molar-refractivity contribution in [3.05, 3.63) is 24.3 Å². The molecule has 0 atom stereocenters. The third kappa shape index (κ3) is 1.48. The third-order valence-electron chi connectivity index (χ3n) is 2.14. The average molecular weight is 138 g/mol. The molecular formula is C9H16N+. The first-order valence-electron chi connectivity index (χ1n) is 3.69. The lowest BCUT2D eigenvalue weighted by molar-refractivity contribution is -0.887. The van der Waals surface area contributed by atoms with E-state index in [1.165, 1.54) is 17.7 Å².